The number of ether oxygens (including phenoxy) is 1. The van der Waals surface area contributed by atoms with Crippen LogP contribution in [0.25, 0.3) is 0 Å². The number of esters is 1. The molecule has 0 heterocycles. The zero-order valence-corrected chi connectivity index (χ0v) is 13.8. The third-order valence-corrected chi connectivity index (χ3v) is 4.48. The van der Waals surface area contributed by atoms with Crippen LogP contribution in [0.4, 0.5) is 0 Å². The van der Waals surface area contributed by atoms with Gasteiger partial charge >= 0.3 is 5.97 Å². The SMILES string of the molecule is CCOC(=O)C(CSC(C)(C)C)(NC)c1ccccc1. The maximum Gasteiger partial charge on any atom is 0.331 e. The molecule has 0 aromatic heterocycles. The Kier molecular flexibility index (Phi) is 6.08. The van der Waals surface area contributed by atoms with Crippen molar-refractivity contribution >= 4 is 17.7 Å². The van der Waals surface area contributed by atoms with Gasteiger partial charge in [-0.1, -0.05) is 51.1 Å². The van der Waals surface area contributed by atoms with Crippen LogP contribution in [0.15, 0.2) is 30.3 Å². The minimum atomic E-state index is -0.796. The number of rotatable bonds is 6. The van der Waals surface area contributed by atoms with Crippen molar-refractivity contribution < 1.29 is 9.53 Å². The summed E-state index contributed by atoms with van der Waals surface area (Å²) in [6, 6.07) is 9.78. The van der Waals surface area contributed by atoms with Crippen LogP contribution >= 0.6 is 11.8 Å². The topological polar surface area (TPSA) is 38.3 Å². The second kappa shape index (κ2) is 7.14. The maximum absolute atomic E-state index is 12.5. The number of carbonyl (C=O) groups is 1. The molecule has 0 saturated carbocycles. The Morgan fingerprint density at radius 2 is 1.85 bits per heavy atom. The highest BCUT2D eigenvalue weighted by Gasteiger charge is 2.41. The predicted octanol–water partition coefficient (Wildman–Crippen LogP) is 3.20. The van der Waals surface area contributed by atoms with E-state index in [9.17, 15) is 4.79 Å². The normalized spacial score (nSPS) is 14.7. The van der Waals surface area contributed by atoms with Crippen LogP contribution in [0.1, 0.15) is 33.3 Å². The lowest BCUT2D eigenvalue weighted by Crippen LogP contribution is -2.51. The van der Waals surface area contributed by atoms with Gasteiger partial charge in [-0.05, 0) is 19.5 Å². The Bertz CT molecular complexity index is 428. The van der Waals surface area contributed by atoms with Crippen LogP contribution in [0.3, 0.4) is 0 Å². The molecule has 3 nitrogen and oxygen atoms in total. The molecule has 1 aromatic rings. The third-order valence-electron chi connectivity index (χ3n) is 3.04. The second-order valence-electron chi connectivity index (χ2n) is 5.64. The molecule has 112 valence electrons. The number of carbonyl (C=O) groups excluding carboxylic acids is 1. The standard InChI is InChI=1S/C16H25NO2S/c1-6-19-14(18)16(17-5,12-20-15(2,3)4)13-10-8-7-9-11-13/h7-11,17H,6,12H2,1-5H3. The molecule has 0 aliphatic heterocycles. The summed E-state index contributed by atoms with van der Waals surface area (Å²) in [5.41, 5.74) is 0.146. The van der Waals surface area contributed by atoms with Crippen molar-refractivity contribution in [3.8, 4) is 0 Å². The van der Waals surface area contributed by atoms with Crippen LogP contribution in [0.2, 0.25) is 0 Å². The van der Waals surface area contributed by atoms with E-state index in [4.69, 9.17) is 4.74 Å². The van der Waals surface area contributed by atoms with Crippen LogP contribution in [0, 0.1) is 0 Å². The lowest BCUT2D eigenvalue weighted by molar-refractivity contribution is -0.150. The molecule has 1 aromatic carbocycles. The number of hydrogen-bond acceptors (Lipinski definition) is 4. The average molecular weight is 295 g/mol. The van der Waals surface area contributed by atoms with Gasteiger partial charge in [0, 0.05) is 10.5 Å². The highest BCUT2D eigenvalue weighted by atomic mass is 32.2. The van der Waals surface area contributed by atoms with Crippen LogP contribution in [0.5, 0.6) is 0 Å². The number of thioether (sulfide) groups is 1. The number of nitrogens with one attached hydrogen (secondary N) is 1. The van der Waals surface area contributed by atoms with Crippen molar-refractivity contribution in [3.63, 3.8) is 0 Å². The van der Waals surface area contributed by atoms with Crippen molar-refractivity contribution in [2.45, 2.75) is 38.0 Å². The predicted molar refractivity (Wildman–Crippen MR) is 86.0 cm³/mol. The Balaban J connectivity index is 3.13. The molecule has 0 saturated heterocycles. The summed E-state index contributed by atoms with van der Waals surface area (Å²) in [5.74, 6) is 0.418. The highest BCUT2D eigenvalue weighted by molar-refractivity contribution is 8.00. The Morgan fingerprint density at radius 3 is 2.30 bits per heavy atom. The van der Waals surface area contributed by atoms with E-state index in [0.29, 0.717) is 12.4 Å². The van der Waals surface area contributed by atoms with Crippen molar-refractivity contribution in [1.82, 2.24) is 5.32 Å². The van der Waals surface area contributed by atoms with Crippen molar-refractivity contribution in [3.05, 3.63) is 35.9 Å². The first kappa shape index (κ1) is 17.1. The zero-order chi connectivity index (χ0) is 15.2. The van der Waals surface area contributed by atoms with E-state index in [1.165, 1.54) is 0 Å². The Hall–Kier alpha value is -1.00. The van der Waals surface area contributed by atoms with E-state index in [-0.39, 0.29) is 10.7 Å². The van der Waals surface area contributed by atoms with Gasteiger partial charge in [0.1, 0.15) is 0 Å². The van der Waals surface area contributed by atoms with Gasteiger partial charge in [0.2, 0.25) is 0 Å². The quantitative estimate of drug-likeness (QED) is 0.818. The lowest BCUT2D eigenvalue weighted by Gasteiger charge is -2.33. The molecule has 1 rings (SSSR count). The fourth-order valence-corrected chi connectivity index (χ4v) is 2.96. The van der Waals surface area contributed by atoms with E-state index in [0.717, 1.165) is 5.56 Å². The molecule has 1 atom stereocenters. The van der Waals surface area contributed by atoms with Crippen molar-refractivity contribution in [2.24, 2.45) is 0 Å². The summed E-state index contributed by atoms with van der Waals surface area (Å²) >= 11 is 1.75. The summed E-state index contributed by atoms with van der Waals surface area (Å²) in [6.07, 6.45) is 0. The number of likely N-dealkylation sites (N-methyl/N-ethyl adjacent to an activating group) is 1. The molecule has 1 N–H and O–H groups in total. The summed E-state index contributed by atoms with van der Waals surface area (Å²) in [5, 5.41) is 3.19. The van der Waals surface area contributed by atoms with E-state index in [1.54, 1.807) is 11.8 Å². The minimum absolute atomic E-state index is 0.0867. The second-order valence-corrected chi connectivity index (χ2v) is 7.44. The maximum atomic E-state index is 12.5. The van der Waals surface area contributed by atoms with Gasteiger partial charge in [0.15, 0.2) is 5.54 Å². The first-order valence-corrected chi connectivity index (χ1v) is 7.90. The number of hydrogen-bond donors (Lipinski definition) is 1. The molecule has 0 aliphatic rings. The molecule has 0 amide bonds. The largest absolute Gasteiger partial charge is 0.464 e. The average Bonchev–Trinajstić information content (AvgIpc) is 2.40. The van der Waals surface area contributed by atoms with Gasteiger partial charge < -0.3 is 10.1 Å². The highest BCUT2D eigenvalue weighted by Crippen LogP contribution is 2.33. The zero-order valence-electron chi connectivity index (χ0n) is 13.0. The summed E-state index contributed by atoms with van der Waals surface area (Å²) in [4.78, 5) is 12.5. The van der Waals surface area contributed by atoms with Crippen molar-refractivity contribution in [2.75, 3.05) is 19.4 Å². The molecule has 0 bridgehead atoms. The minimum Gasteiger partial charge on any atom is -0.464 e. The third kappa shape index (κ3) is 4.25. The lowest BCUT2D eigenvalue weighted by atomic mass is 9.92. The van der Waals surface area contributed by atoms with Crippen LogP contribution in [-0.2, 0) is 15.1 Å². The molecule has 0 aliphatic carbocycles. The van der Waals surface area contributed by atoms with Gasteiger partial charge in [-0.2, -0.15) is 11.8 Å². The fourth-order valence-electron chi connectivity index (χ4n) is 1.88. The van der Waals surface area contributed by atoms with E-state index >= 15 is 0 Å². The smallest absolute Gasteiger partial charge is 0.331 e. The Labute approximate surface area is 126 Å². The fraction of sp³-hybridized carbons (Fsp3) is 0.562. The first-order chi connectivity index (χ1) is 9.35. The van der Waals surface area contributed by atoms with Gasteiger partial charge in [0.05, 0.1) is 6.61 Å². The molecule has 0 radical (unpaired) electrons. The molecule has 0 fully saturated rings. The Morgan fingerprint density at radius 1 is 1.25 bits per heavy atom. The number of benzene rings is 1. The molecule has 0 spiro atoms. The first-order valence-electron chi connectivity index (χ1n) is 6.91. The van der Waals surface area contributed by atoms with Gasteiger partial charge in [-0.3, -0.25) is 0 Å². The van der Waals surface area contributed by atoms with Gasteiger partial charge in [0.25, 0.3) is 0 Å². The van der Waals surface area contributed by atoms with Crippen LogP contribution < -0.4 is 5.32 Å². The van der Waals surface area contributed by atoms with E-state index in [2.05, 4.69) is 26.1 Å². The molecule has 1 unspecified atom stereocenters. The van der Waals surface area contributed by atoms with Crippen LogP contribution in [-0.4, -0.2) is 30.1 Å². The summed E-state index contributed by atoms with van der Waals surface area (Å²) in [6.45, 7) is 8.66. The van der Waals surface area contributed by atoms with E-state index < -0.39 is 5.54 Å². The molecule has 20 heavy (non-hydrogen) atoms. The summed E-state index contributed by atoms with van der Waals surface area (Å²) in [7, 11) is 1.81. The van der Waals surface area contributed by atoms with Crippen molar-refractivity contribution in [1.29, 1.82) is 0 Å². The van der Waals surface area contributed by atoms with Gasteiger partial charge in [-0.15, -0.1) is 0 Å². The van der Waals surface area contributed by atoms with E-state index in [1.807, 2.05) is 44.3 Å². The molecular weight excluding hydrogens is 270 g/mol. The molecule has 4 heteroatoms. The molecular formula is C16H25NO2S. The summed E-state index contributed by atoms with van der Waals surface area (Å²) < 4.78 is 5.39. The van der Waals surface area contributed by atoms with Gasteiger partial charge in [-0.25, -0.2) is 4.79 Å². The monoisotopic (exact) mass is 295 g/mol.